The van der Waals surface area contributed by atoms with Crippen molar-refractivity contribution in [1.29, 1.82) is 0 Å². The molecule has 0 radical (unpaired) electrons. The Bertz CT molecular complexity index is 1080. The van der Waals surface area contributed by atoms with Crippen molar-refractivity contribution in [1.82, 2.24) is 9.82 Å². The van der Waals surface area contributed by atoms with Gasteiger partial charge in [-0.3, -0.25) is 0 Å². The van der Waals surface area contributed by atoms with E-state index in [4.69, 9.17) is 4.74 Å². The molecule has 6 nitrogen and oxygen atoms in total. The van der Waals surface area contributed by atoms with E-state index in [0.717, 1.165) is 27.5 Å². The number of nitrogens with one attached hydrogen (secondary N) is 1. The molecule has 1 heterocycles. The topological polar surface area (TPSA) is 80.6 Å². The molecule has 8 heteroatoms. The van der Waals surface area contributed by atoms with Gasteiger partial charge in [-0.15, -0.1) is 11.8 Å². The van der Waals surface area contributed by atoms with Crippen LogP contribution < -0.4 is 9.57 Å². The molecule has 0 atom stereocenters. The second-order valence-electron chi connectivity index (χ2n) is 6.19. The summed E-state index contributed by atoms with van der Waals surface area (Å²) < 4.78 is 30.0. The molecule has 0 aliphatic carbocycles. The summed E-state index contributed by atoms with van der Waals surface area (Å²) in [7, 11) is -2.08. The maximum atomic E-state index is 12.3. The van der Waals surface area contributed by atoms with Crippen LogP contribution >= 0.6 is 11.8 Å². The number of ether oxygens (including phenoxy) is 1. The lowest BCUT2D eigenvalue weighted by Gasteiger charge is -2.09. The molecule has 0 saturated carbocycles. The summed E-state index contributed by atoms with van der Waals surface area (Å²) in [6, 6.07) is 17.9. The zero-order valence-electron chi connectivity index (χ0n) is 16.1. The molecule has 0 amide bonds. The van der Waals surface area contributed by atoms with Crippen molar-refractivity contribution < 1.29 is 13.2 Å². The summed E-state index contributed by atoms with van der Waals surface area (Å²) >= 11 is 1.59. The second-order valence-corrected chi connectivity index (χ2v) is 8.85. The lowest BCUT2D eigenvalue weighted by molar-refractivity contribution is 0.411. The lowest BCUT2D eigenvalue weighted by Crippen LogP contribution is -2.18. The molecule has 0 unspecified atom stereocenters. The summed E-state index contributed by atoms with van der Waals surface area (Å²) in [6.45, 7) is 1.90. The molecule has 0 spiro atoms. The van der Waals surface area contributed by atoms with Gasteiger partial charge in [0.1, 0.15) is 5.75 Å². The summed E-state index contributed by atoms with van der Waals surface area (Å²) in [4.78, 5) is 6.71. The van der Waals surface area contributed by atoms with Crippen LogP contribution in [0.1, 0.15) is 16.7 Å². The Kier molecular flexibility index (Phi) is 6.90. The van der Waals surface area contributed by atoms with E-state index in [0.29, 0.717) is 5.75 Å². The Morgan fingerprint density at radius 3 is 2.62 bits per heavy atom. The number of methoxy groups -OCH3 is 1. The molecule has 3 rings (SSSR count). The highest BCUT2D eigenvalue weighted by Crippen LogP contribution is 2.27. The van der Waals surface area contributed by atoms with Gasteiger partial charge < -0.3 is 4.74 Å². The van der Waals surface area contributed by atoms with Gasteiger partial charge in [0.15, 0.2) is 0 Å². The van der Waals surface area contributed by atoms with E-state index < -0.39 is 10.0 Å². The maximum absolute atomic E-state index is 12.3. The average molecular weight is 428 g/mol. The van der Waals surface area contributed by atoms with Crippen molar-refractivity contribution in [2.75, 3.05) is 7.11 Å². The Labute approximate surface area is 175 Å². The van der Waals surface area contributed by atoms with Gasteiger partial charge in [0.25, 0.3) is 10.0 Å². The fourth-order valence-corrected chi connectivity index (χ4v) is 4.15. The van der Waals surface area contributed by atoms with Crippen LogP contribution in [-0.2, 0) is 15.8 Å². The Morgan fingerprint density at radius 2 is 1.93 bits per heavy atom. The largest absolute Gasteiger partial charge is 0.496 e. The molecule has 0 fully saturated rings. The SMILES string of the molecule is COc1ccc(/C=N\NS(=O)(=O)c2ccc(C)cc2)cc1CSc1ccccn1. The minimum absolute atomic E-state index is 0.169. The summed E-state index contributed by atoms with van der Waals surface area (Å²) in [5.74, 6) is 1.42. The second kappa shape index (κ2) is 9.58. The Balaban J connectivity index is 1.71. The molecule has 0 bridgehead atoms. The van der Waals surface area contributed by atoms with Crippen LogP contribution in [0.2, 0.25) is 0 Å². The van der Waals surface area contributed by atoms with Gasteiger partial charge >= 0.3 is 0 Å². The first kappa shape index (κ1) is 20.9. The number of benzene rings is 2. The van der Waals surface area contributed by atoms with Crippen molar-refractivity contribution in [2.24, 2.45) is 5.10 Å². The van der Waals surface area contributed by atoms with Crippen LogP contribution in [0.5, 0.6) is 5.75 Å². The smallest absolute Gasteiger partial charge is 0.276 e. The summed E-state index contributed by atoms with van der Waals surface area (Å²) in [5, 5.41) is 4.82. The average Bonchev–Trinajstić information content (AvgIpc) is 2.73. The van der Waals surface area contributed by atoms with Crippen molar-refractivity contribution in [3.05, 3.63) is 83.6 Å². The molecule has 29 heavy (non-hydrogen) atoms. The van der Waals surface area contributed by atoms with Crippen molar-refractivity contribution in [3.63, 3.8) is 0 Å². The molecule has 3 aromatic rings. The number of pyridine rings is 1. The third-order valence-electron chi connectivity index (χ3n) is 4.04. The van der Waals surface area contributed by atoms with Crippen LogP contribution in [0.25, 0.3) is 0 Å². The number of nitrogens with zero attached hydrogens (tertiary/aromatic N) is 2. The molecular formula is C21H21N3O3S2. The van der Waals surface area contributed by atoms with Crippen LogP contribution in [0.4, 0.5) is 0 Å². The monoisotopic (exact) mass is 427 g/mol. The number of hydrazone groups is 1. The van der Waals surface area contributed by atoms with Gasteiger partial charge in [-0.25, -0.2) is 9.82 Å². The number of hydrogen-bond donors (Lipinski definition) is 1. The van der Waals surface area contributed by atoms with Gasteiger partial charge in [-0.2, -0.15) is 13.5 Å². The number of hydrogen-bond acceptors (Lipinski definition) is 6. The highest BCUT2D eigenvalue weighted by molar-refractivity contribution is 7.98. The highest BCUT2D eigenvalue weighted by atomic mass is 32.2. The van der Waals surface area contributed by atoms with Crippen LogP contribution in [0.15, 0.2) is 81.9 Å². The highest BCUT2D eigenvalue weighted by Gasteiger charge is 2.12. The van der Waals surface area contributed by atoms with Gasteiger partial charge in [0, 0.05) is 17.5 Å². The molecule has 0 aliphatic heterocycles. The van der Waals surface area contributed by atoms with E-state index in [1.165, 1.54) is 6.21 Å². The van der Waals surface area contributed by atoms with Gasteiger partial charge in [-0.1, -0.05) is 23.8 Å². The third-order valence-corrected chi connectivity index (χ3v) is 6.27. The van der Waals surface area contributed by atoms with Gasteiger partial charge in [0.05, 0.1) is 23.2 Å². The molecular weight excluding hydrogens is 406 g/mol. The molecule has 0 aliphatic rings. The zero-order chi connectivity index (χ0) is 20.7. The van der Waals surface area contributed by atoms with Gasteiger partial charge in [-0.05, 0) is 55.0 Å². The van der Waals surface area contributed by atoms with E-state index in [1.54, 1.807) is 49.3 Å². The predicted molar refractivity (Wildman–Crippen MR) is 116 cm³/mol. The zero-order valence-corrected chi connectivity index (χ0v) is 17.7. The van der Waals surface area contributed by atoms with E-state index in [2.05, 4.69) is 14.9 Å². The Morgan fingerprint density at radius 1 is 1.14 bits per heavy atom. The number of thioether (sulfide) groups is 1. The third kappa shape index (κ3) is 5.82. The summed E-state index contributed by atoms with van der Waals surface area (Å²) in [5.41, 5.74) is 2.71. The molecule has 1 N–H and O–H groups in total. The standard InChI is InChI=1S/C21H21N3O3S2/c1-16-6-9-19(10-7-16)29(25,26)24-23-14-17-8-11-20(27-2)18(13-17)15-28-21-5-3-4-12-22-21/h3-14,24H,15H2,1-2H3/b23-14-. The molecule has 150 valence electrons. The molecule has 0 saturated heterocycles. The number of rotatable bonds is 8. The minimum Gasteiger partial charge on any atom is -0.496 e. The first-order valence-corrected chi connectivity index (χ1v) is 11.3. The van der Waals surface area contributed by atoms with E-state index in [9.17, 15) is 8.42 Å². The van der Waals surface area contributed by atoms with E-state index in [-0.39, 0.29) is 4.90 Å². The molecule has 1 aromatic heterocycles. The lowest BCUT2D eigenvalue weighted by atomic mass is 10.1. The normalized spacial score (nSPS) is 11.5. The number of aryl methyl sites for hydroxylation is 1. The Hall–Kier alpha value is -2.84. The first-order chi connectivity index (χ1) is 14.0. The fraction of sp³-hybridized carbons (Fsp3) is 0.143. The first-order valence-electron chi connectivity index (χ1n) is 8.80. The quantitative estimate of drug-likeness (QED) is 0.334. The van der Waals surface area contributed by atoms with E-state index >= 15 is 0 Å². The van der Waals surface area contributed by atoms with E-state index in [1.807, 2.05) is 43.3 Å². The van der Waals surface area contributed by atoms with Crippen LogP contribution in [0, 0.1) is 6.92 Å². The van der Waals surface area contributed by atoms with Crippen molar-refractivity contribution in [2.45, 2.75) is 22.6 Å². The van der Waals surface area contributed by atoms with Crippen molar-refractivity contribution in [3.8, 4) is 5.75 Å². The number of aromatic nitrogens is 1. The minimum atomic E-state index is -3.70. The predicted octanol–water partition coefficient (Wildman–Crippen LogP) is 4.00. The molecule has 2 aromatic carbocycles. The van der Waals surface area contributed by atoms with Crippen LogP contribution in [0.3, 0.4) is 0 Å². The number of sulfonamides is 1. The van der Waals surface area contributed by atoms with Crippen LogP contribution in [-0.4, -0.2) is 26.7 Å². The fourth-order valence-electron chi connectivity index (χ4n) is 2.52. The summed E-state index contributed by atoms with van der Waals surface area (Å²) in [6.07, 6.45) is 3.23. The van der Waals surface area contributed by atoms with Crippen molar-refractivity contribution >= 4 is 28.0 Å². The maximum Gasteiger partial charge on any atom is 0.276 e. The van der Waals surface area contributed by atoms with Gasteiger partial charge in [0.2, 0.25) is 0 Å².